The van der Waals surface area contributed by atoms with Gasteiger partial charge < -0.3 is 19.3 Å². The van der Waals surface area contributed by atoms with Gasteiger partial charge in [0.1, 0.15) is 16.8 Å². The third-order valence-electron chi connectivity index (χ3n) is 7.35. The average Bonchev–Trinajstić information content (AvgIpc) is 3.85. The molecular formula is C38H29BrCl2F6N4O6. The Morgan fingerprint density at radius 1 is 0.667 bits per heavy atom. The van der Waals surface area contributed by atoms with Crippen LogP contribution in [0.1, 0.15) is 11.4 Å². The molecule has 0 aliphatic carbocycles. The average molecular weight is 902 g/mol. The monoisotopic (exact) mass is 900 g/mol. The second kappa shape index (κ2) is 19.6. The summed E-state index contributed by atoms with van der Waals surface area (Å²) in [6.45, 7) is -0.322. The summed E-state index contributed by atoms with van der Waals surface area (Å²) in [4.78, 5) is 21.1. The number of hydrogen-bond donors (Lipinski definition) is 1. The normalized spacial score (nSPS) is 11.1. The molecule has 0 radical (unpaired) electrons. The highest BCUT2D eigenvalue weighted by molar-refractivity contribution is 9.09. The number of ether oxygens (including phenoxy) is 3. The van der Waals surface area contributed by atoms with E-state index in [0.29, 0.717) is 28.3 Å². The summed E-state index contributed by atoms with van der Waals surface area (Å²) in [5.74, 6) is -0.577. The quantitative estimate of drug-likeness (QED) is 0.0912. The van der Waals surface area contributed by atoms with Gasteiger partial charge >= 0.3 is 24.3 Å². The van der Waals surface area contributed by atoms with Crippen molar-refractivity contribution in [1.29, 1.82) is 0 Å². The molecule has 2 heterocycles. The van der Waals surface area contributed by atoms with E-state index in [2.05, 4.69) is 35.6 Å². The number of hydrogen-bond acceptors (Lipinski definition) is 8. The van der Waals surface area contributed by atoms with E-state index in [1.807, 2.05) is 0 Å². The minimum atomic E-state index is -4.62. The van der Waals surface area contributed by atoms with E-state index in [-0.39, 0.29) is 45.1 Å². The Morgan fingerprint density at radius 3 is 1.53 bits per heavy atom. The van der Waals surface area contributed by atoms with Crippen LogP contribution in [0.4, 0.5) is 26.3 Å². The van der Waals surface area contributed by atoms with Gasteiger partial charge in [-0.2, -0.15) is 36.5 Å². The van der Waals surface area contributed by atoms with Crippen LogP contribution in [0.15, 0.2) is 109 Å². The second-order valence-electron chi connectivity index (χ2n) is 11.2. The molecular weight excluding hydrogens is 873 g/mol. The number of phenols is 1. The molecule has 6 rings (SSSR count). The van der Waals surface area contributed by atoms with Gasteiger partial charge in [0, 0.05) is 11.1 Å². The van der Waals surface area contributed by atoms with Crippen molar-refractivity contribution in [1.82, 2.24) is 19.6 Å². The number of phenolic OH excluding ortho intramolecular Hbond substituents is 1. The molecule has 0 amide bonds. The minimum absolute atomic E-state index is 0.0528. The highest BCUT2D eigenvalue weighted by Gasteiger charge is 2.36. The second-order valence-corrected chi connectivity index (χ2v) is 12.6. The Hall–Kier alpha value is -5.52. The van der Waals surface area contributed by atoms with Crippen LogP contribution in [0.2, 0.25) is 10.0 Å². The maximum absolute atomic E-state index is 13.3. The van der Waals surface area contributed by atoms with Gasteiger partial charge in [-0.05, 0) is 60.7 Å². The molecule has 2 aromatic heterocycles. The van der Waals surface area contributed by atoms with Gasteiger partial charge in [0.05, 0.1) is 47.0 Å². The van der Waals surface area contributed by atoms with Gasteiger partial charge in [0.15, 0.2) is 18.0 Å². The molecule has 57 heavy (non-hydrogen) atoms. The molecule has 6 aromatic rings. The number of para-hydroxylation sites is 2. The molecule has 0 unspecified atom stereocenters. The van der Waals surface area contributed by atoms with Crippen molar-refractivity contribution >= 4 is 51.1 Å². The molecule has 4 aromatic carbocycles. The van der Waals surface area contributed by atoms with Crippen LogP contribution >= 0.6 is 39.1 Å². The van der Waals surface area contributed by atoms with Crippen LogP contribution in [-0.4, -0.2) is 62.8 Å². The fourth-order valence-electron chi connectivity index (χ4n) is 4.73. The van der Waals surface area contributed by atoms with Crippen LogP contribution < -0.4 is 4.74 Å². The number of aromatic hydroxyl groups is 1. The Kier molecular flexibility index (Phi) is 15.2. The van der Waals surface area contributed by atoms with E-state index in [9.17, 15) is 41.0 Å². The first-order valence-corrected chi connectivity index (χ1v) is 17.9. The number of methoxy groups -OCH3 is 2. The summed E-state index contributed by atoms with van der Waals surface area (Å²) in [6, 6.07) is 27.0. The third-order valence-corrected chi connectivity index (χ3v) is 8.45. The minimum Gasteiger partial charge on any atom is -0.508 e. The number of rotatable bonds is 8. The van der Waals surface area contributed by atoms with Gasteiger partial charge in [-0.25, -0.2) is 14.2 Å². The standard InChI is InChI=1S/C19H14ClF3N2O3.C16H10ClF3N2O.C3H5BrO2/c1-27-18(26)11-28-13-6-4-5-12(9-13)16-10-17(19(21,22)23)24-25(16)15-8-3-2-7-14(15)20;17-12-6-1-2-7-13(12)22-14(9-15(21-22)16(18,19)20)10-4-3-5-11(23)8-10;1-6-3(5)2-4/h2-10H,11H2,1H3;1-9,23H;2H2,1H3. The first kappa shape index (κ1) is 44.2. The summed E-state index contributed by atoms with van der Waals surface area (Å²) in [7, 11) is 2.58. The van der Waals surface area contributed by atoms with Crippen molar-refractivity contribution in [3.63, 3.8) is 0 Å². The maximum atomic E-state index is 13.3. The zero-order chi connectivity index (χ0) is 41.9. The number of alkyl halides is 7. The van der Waals surface area contributed by atoms with Crippen molar-refractivity contribution in [2.24, 2.45) is 0 Å². The van der Waals surface area contributed by atoms with Gasteiger partial charge in [0.2, 0.25) is 0 Å². The summed E-state index contributed by atoms with van der Waals surface area (Å²) in [5, 5.41) is 17.7. The molecule has 1 N–H and O–H groups in total. The van der Waals surface area contributed by atoms with Crippen molar-refractivity contribution in [3.05, 3.63) is 131 Å². The number of aromatic nitrogens is 4. The SMILES string of the molecule is COC(=O)CBr.COC(=O)COc1cccc(-c2cc(C(F)(F)F)nn2-c2ccccc2Cl)c1.Oc1cccc(-c2cc(C(F)(F)F)nn2-c2ccccc2Cl)c1. The lowest BCUT2D eigenvalue weighted by atomic mass is 10.1. The molecule has 0 aliphatic heterocycles. The van der Waals surface area contributed by atoms with Crippen molar-refractivity contribution in [2.75, 3.05) is 26.2 Å². The molecule has 0 aliphatic rings. The van der Waals surface area contributed by atoms with Gasteiger partial charge in [-0.15, -0.1) is 0 Å². The first-order chi connectivity index (χ1) is 27.0. The topological polar surface area (TPSA) is 118 Å². The molecule has 0 atom stereocenters. The molecule has 0 saturated heterocycles. The van der Waals surface area contributed by atoms with Gasteiger partial charge in [-0.3, -0.25) is 4.79 Å². The van der Waals surface area contributed by atoms with Gasteiger partial charge in [-0.1, -0.05) is 87.7 Å². The molecule has 19 heteroatoms. The van der Waals surface area contributed by atoms with Crippen molar-refractivity contribution in [2.45, 2.75) is 12.4 Å². The Bertz CT molecular complexity index is 2310. The number of nitrogens with zero attached hydrogens (tertiary/aromatic N) is 4. The summed E-state index contributed by atoms with van der Waals surface area (Å²) >= 11 is 15.1. The fraction of sp³-hybridized carbons (Fsp3) is 0.158. The van der Waals surface area contributed by atoms with Crippen molar-refractivity contribution in [3.8, 4) is 45.4 Å². The third kappa shape index (κ3) is 12.0. The van der Waals surface area contributed by atoms with E-state index in [0.717, 1.165) is 21.5 Å². The lowest BCUT2D eigenvalue weighted by Crippen LogP contribution is -2.12. The zero-order valence-electron chi connectivity index (χ0n) is 29.5. The molecule has 0 spiro atoms. The van der Waals surface area contributed by atoms with Crippen LogP contribution in [0.3, 0.4) is 0 Å². The van der Waals surface area contributed by atoms with Crippen LogP contribution in [0.25, 0.3) is 33.9 Å². The Morgan fingerprint density at radius 2 is 1.12 bits per heavy atom. The highest BCUT2D eigenvalue weighted by Crippen LogP contribution is 2.37. The predicted octanol–water partition coefficient (Wildman–Crippen LogP) is 10.2. The van der Waals surface area contributed by atoms with Crippen molar-refractivity contribution < 1.29 is 55.2 Å². The summed E-state index contributed by atoms with van der Waals surface area (Å²) in [5.41, 5.74) is -0.305. The number of carbonyl (C=O) groups excluding carboxylic acids is 2. The molecule has 0 bridgehead atoms. The van der Waals surface area contributed by atoms with E-state index < -0.39 is 29.7 Å². The van der Waals surface area contributed by atoms with Crippen LogP contribution in [0, 0.1) is 0 Å². The number of esters is 2. The first-order valence-electron chi connectivity index (χ1n) is 16.0. The van der Waals surface area contributed by atoms with Crippen LogP contribution in [-0.2, 0) is 31.4 Å². The summed E-state index contributed by atoms with van der Waals surface area (Å²) in [6.07, 6.45) is -9.21. The Balaban J connectivity index is 0.000000224. The zero-order valence-corrected chi connectivity index (χ0v) is 32.6. The summed E-state index contributed by atoms with van der Waals surface area (Å²) < 4.78 is 95.2. The largest absolute Gasteiger partial charge is 0.508 e. The number of halogens is 9. The van der Waals surface area contributed by atoms with E-state index in [1.54, 1.807) is 78.9 Å². The molecule has 300 valence electrons. The number of carbonyl (C=O) groups is 2. The lowest BCUT2D eigenvalue weighted by Gasteiger charge is -2.11. The predicted molar refractivity (Wildman–Crippen MR) is 203 cm³/mol. The van der Waals surface area contributed by atoms with E-state index in [1.165, 1.54) is 32.4 Å². The van der Waals surface area contributed by atoms with E-state index >= 15 is 0 Å². The molecule has 0 fully saturated rings. The lowest BCUT2D eigenvalue weighted by molar-refractivity contribution is -0.143. The van der Waals surface area contributed by atoms with Crippen LogP contribution in [0.5, 0.6) is 11.5 Å². The smallest absolute Gasteiger partial charge is 0.435 e. The fourth-order valence-corrected chi connectivity index (χ4v) is 5.39. The maximum Gasteiger partial charge on any atom is 0.435 e. The van der Waals surface area contributed by atoms with Gasteiger partial charge in [0.25, 0.3) is 0 Å². The van der Waals surface area contributed by atoms with E-state index in [4.69, 9.17) is 27.9 Å². The molecule has 0 saturated carbocycles. The number of benzene rings is 4. The highest BCUT2D eigenvalue weighted by atomic mass is 79.9. The Labute approximate surface area is 339 Å². The molecule has 10 nitrogen and oxygen atoms in total.